The van der Waals surface area contributed by atoms with Crippen molar-refractivity contribution in [1.82, 2.24) is 0 Å². The first-order valence-electron chi connectivity index (χ1n) is 9.29. The molecule has 3 N–H and O–H groups in total. The second-order valence-corrected chi connectivity index (χ2v) is 6.98. The Kier molecular flexibility index (Phi) is 5.94. The number of anilines is 1. The van der Waals surface area contributed by atoms with Gasteiger partial charge in [-0.1, -0.05) is 43.3 Å². The number of rotatable bonds is 7. The van der Waals surface area contributed by atoms with Crippen LogP contribution >= 0.6 is 0 Å². The Balaban J connectivity index is 1.55. The fourth-order valence-electron chi connectivity index (χ4n) is 3.28. The largest absolute Gasteiger partial charge is 0.508 e. The molecule has 1 unspecified atom stereocenters. The molecule has 0 saturated heterocycles. The smallest absolute Gasteiger partial charge is 0.337 e. The molecule has 0 aliphatic heterocycles. The van der Waals surface area contributed by atoms with E-state index in [2.05, 4.69) is 24.4 Å². The molecule has 0 fully saturated rings. The van der Waals surface area contributed by atoms with Crippen LogP contribution in [0.25, 0.3) is 10.8 Å². The van der Waals surface area contributed by atoms with Gasteiger partial charge in [-0.05, 0) is 59.4 Å². The Bertz CT molecular complexity index is 1010. The number of carboxylic acids is 1. The molecule has 0 heterocycles. The van der Waals surface area contributed by atoms with Gasteiger partial charge in [-0.3, -0.25) is 4.79 Å². The summed E-state index contributed by atoms with van der Waals surface area (Å²) in [6.45, 7) is 2.12. The summed E-state index contributed by atoms with van der Waals surface area (Å²) in [7, 11) is 0. The minimum atomic E-state index is -1.06. The molecular weight excluding hydrogens is 354 g/mol. The van der Waals surface area contributed by atoms with E-state index in [1.807, 2.05) is 12.1 Å². The van der Waals surface area contributed by atoms with Crippen LogP contribution in [-0.2, 0) is 4.79 Å². The highest BCUT2D eigenvalue weighted by atomic mass is 16.4. The number of aromatic carboxylic acids is 1. The van der Waals surface area contributed by atoms with Gasteiger partial charge in [-0.2, -0.15) is 0 Å². The van der Waals surface area contributed by atoms with Gasteiger partial charge in [-0.15, -0.1) is 0 Å². The van der Waals surface area contributed by atoms with Crippen LogP contribution in [0, 0.1) is 0 Å². The number of hydrogen-bond acceptors (Lipinski definition) is 3. The maximum atomic E-state index is 12.2. The zero-order chi connectivity index (χ0) is 20.1. The van der Waals surface area contributed by atoms with E-state index in [1.165, 1.54) is 11.6 Å². The Morgan fingerprint density at radius 3 is 2.50 bits per heavy atom. The number of para-hydroxylation sites is 1. The highest BCUT2D eigenvalue weighted by molar-refractivity contribution is 6.00. The molecule has 5 heteroatoms. The molecule has 28 heavy (non-hydrogen) atoms. The summed E-state index contributed by atoms with van der Waals surface area (Å²) in [4.78, 5) is 23.4. The maximum absolute atomic E-state index is 12.2. The molecule has 1 amide bonds. The first-order chi connectivity index (χ1) is 13.4. The highest BCUT2D eigenvalue weighted by Crippen LogP contribution is 2.27. The summed E-state index contributed by atoms with van der Waals surface area (Å²) in [6.07, 6.45) is 1.88. The van der Waals surface area contributed by atoms with Crippen LogP contribution < -0.4 is 5.32 Å². The van der Waals surface area contributed by atoms with Gasteiger partial charge in [0.05, 0.1) is 11.3 Å². The summed E-state index contributed by atoms with van der Waals surface area (Å²) < 4.78 is 0. The highest BCUT2D eigenvalue weighted by Gasteiger charge is 2.12. The number of benzene rings is 3. The Hall–Kier alpha value is -3.34. The molecule has 3 rings (SSSR count). The number of phenols is 1. The number of nitrogens with one attached hydrogen (secondary N) is 1. The van der Waals surface area contributed by atoms with Gasteiger partial charge in [0, 0.05) is 6.42 Å². The van der Waals surface area contributed by atoms with Crippen LogP contribution in [0.3, 0.4) is 0 Å². The van der Waals surface area contributed by atoms with E-state index < -0.39 is 5.97 Å². The lowest BCUT2D eigenvalue weighted by Crippen LogP contribution is -2.14. The second kappa shape index (κ2) is 8.57. The lowest BCUT2D eigenvalue weighted by Gasteiger charge is -2.13. The number of carbonyl (C=O) groups excluding carboxylic acids is 1. The lowest BCUT2D eigenvalue weighted by atomic mass is 9.93. The van der Waals surface area contributed by atoms with E-state index in [-0.39, 0.29) is 23.1 Å². The van der Waals surface area contributed by atoms with E-state index in [0.717, 1.165) is 17.2 Å². The van der Waals surface area contributed by atoms with Crippen molar-refractivity contribution in [3.8, 4) is 5.75 Å². The van der Waals surface area contributed by atoms with E-state index in [0.29, 0.717) is 18.5 Å². The average molecular weight is 377 g/mol. The van der Waals surface area contributed by atoms with Gasteiger partial charge in [-0.25, -0.2) is 4.79 Å². The Morgan fingerprint density at radius 2 is 1.71 bits per heavy atom. The van der Waals surface area contributed by atoms with Crippen molar-refractivity contribution in [3.05, 3.63) is 71.8 Å². The van der Waals surface area contributed by atoms with Crippen molar-refractivity contribution in [2.45, 2.75) is 32.1 Å². The van der Waals surface area contributed by atoms with E-state index in [4.69, 9.17) is 0 Å². The monoisotopic (exact) mass is 377 g/mol. The van der Waals surface area contributed by atoms with Crippen LogP contribution in [0.5, 0.6) is 5.75 Å². The SMILES string of the molecule is CC(CCCC(=O)Nc1ccccc1C(=O)O)c1ccc2cc(O)ccc2c1. The molecule has 3 aromatic carbocycles. The van der Waals surface area contributed by atoms with Crippen LogP contribution in [0.15, 0.2) is 60.7 Å². The number of hydrogen-bond donors (Lipinski definition) is 3. The molecule has 3 aromatic rings. The summed E-state index contributed by atoms with van der Waals surface area (Å²) in [6, 6.07) is 17.9. The van der Waals surface area contributed by atoms with Crippen LogP contribution in [0.1, 0.15) is 48.0 Å². The first-order valence-corrected chi connectivity index (χ1v) is 9.29. The molecule has 1 atom stereocenters. The Labute approximate surface area is 163 Å². The predicted molar refractivity (Wildman–Crippen MR) is 110 cm³/mol. The topological polar surface area (TPSA) is 86.6 Å². The lowest BCUT2D eigenvalue weighted by molar-refractivity contribution is -0.116. The fraction of sp³-hybridized carbons (Fsp3) is 0.217. The number of aromatic hydroxyl groups is 1. The predicted octanol–water partition coefficient (Wildman–Crippen LogP) is 5.16. The minimum absolute atomic E-state index is 0.0893. The van der Waals surface area contributed by atoms with Gasteiger partial charge in [0.2, 0.25) is 5.91 Å². The van der Waals surface area contributed by atoms with Crippen molar-refractivity contribution in [3.63, 3.8) is 0 Å². The Morgan fingerprint density at radius 1 is 1.00 bits per heavy atom. The van der Waals surface area contributed by atoms with Gasteiger partial charge in [0.25, 0.3) is 0 Å². The summed E-state index contributed by atoms with van der Waals surface area (Å²) in [5.74, 6) is -0.704. The van der Waals surface area contributed by atoms with E-state index in [1.54, 1.807) is 30.3 Å². The summed E-state index contributed by atoms with van der Waals surface area (Å²) in [5, 5.41) is 23.5. The van der Waals surface area contributed by atoms with Crippen molar-refractivity contribution in [2.75, 3.05) is 5.32 Å². The van der Waals surface area contributed by atoms with E-state index in [9.17, 15) is 19.8 Å². The molecule has 0 spiro atoms. The van der Waals surface area contributed by atoms with Crippen LogP contribution in [0.2, 0.25) is 0 Å². The van der Waals surface area contributed by atoms with Crippen molar-refractivity contribution < 1.29 is 19.8 Å². The normalized spacial score (nSPS) is 11.9. The molecular formula is C23H23NO4. The van der Waals surface area contributed by atoms with Crippen molar-refractivity contribution in [1.29, 1.82) is 0 Å². The molecule has 0 aromatic heterocycles. The number of carbonyl (C=O) groups is 2. The summed E-state index contributed by atoms with van der Waals surface area (Å²) in [5.41, 5.74) is 1.60. The number of amides is 1. The number of carboxylic acid groups (broad SMARTS) is 1. The summed E-state index contributed by atoms with van der Waals surface area (Å²) >= 11 is 0. The first kappa shape index (κ1) is 19.4. The zero-order valence-corrected chi connectivity index (χ0v) is 15.7. The standard InChI is InChI=1S/C23H23NO4/c1-15(16-9-10-18-14-19(25)12-11-17(18)13-16)5-4-8-22(26)24-21-7-3-2-6-20(21)23(27)28/h2-3,6-7,9-15,25H,4-5,8H2,1H3,(H,24,26)(H,27,28). The third kappa shape index (κ3) is 4.68. The van der Waals surface area contributed by atoms with Gasteiger partial charge < -0.3 is 15.5 Å². The maximum Gasteiger partial charge on any atom is 0.337 e. The molecule has 0 aliphatic rings. The molecule has 144 valence electrons. The minimum Gasteiger partial charge on any atom is -0.508 e. The molecule has 0 saturated carbocycles. The molecule has 0 bridgehead atoms. The fourth-order valence-corrected chi connectivity index (χ4v) is 3.28. The van der Waals surface area contributed by atoms with Gasteiger partial charge >= 0.3 is 5.97 Å². The molecule has 0 aliphatic carbocycles. The van der Waals surface area contributed by atoms with E-state index >= 15 is 0 Å². The number of fused-ring (bicyclic) bond motifs is 1. The van der Waals surface area contributed by atoms with Crippen LogP contribution in [-0.4, -0.2) is 22.1 Å². The quantitative estimate of drug-likeness (QED) is 0.531. The van der Waals surface area contributed by atoms with Gasteiger partial charge in [0.1, 0.15) is 5.75 Å². The van der Waals surface area contributed by atoms with Gasteiger partial charge in [0.15, 0.2) is 0 Å². The molecule has 0 radical (unpaired) electrons. The zero-order valence-electron chi connectivity index (χ0n) is 15.7. The van der Waals surface area contributed by atoms with Crippen LogP contribution in [0.4, 0.5) is 5.69 Å². The number of phenolic OH excluding ortho intramolecular Hbond substituents is 1. The average Bonchev–Trinajstić information content (AvgIpc) is 2.67. The van der Waals surface area contributed by atoms with Crippen molar-refractivity contribution in [2.24, 2.45) is 0 Å². The second-order valence-electron chi connectivity index (χ2n) is 6.98. The molecule has 5 nitrogen and oxygen atoms in total. The third-order valence-corrected chi connectivity index (χ3v) is 4.89. The van der Waals surface area contributed by atoms with Crippen molar-refractivity contribution >= 4 is 28.3 Å². The third-order valence-electron chi connectivity index (χ3n) is 4.89.